The first-order valence-electron chi connectivity index (χ1n) is 8.69. The van der Waals surface area contributed by atoms with Gasteiger partial charge in [0, 0.05) is 21.7 Å². The van der Waals surface area contributed by atoms with Crippen molar-refractivity contribution in [2.75, 3.05) is 7.11 Å². The molecule has 2 aromatic carbocycles. The Morgan fingerprint density at radius 1 is 1.10 bits per heavy atom. The molecule has 0 bridgehead atoms. The van der Waals surface area contributed by atoms with E-state index in [-0.39, 0.29) is 12.6 Å². The molecule has 7 nitrogen and oxygen atoms in total. The van der Waals surface area contributed by atoms with Crippen LogP contribution in [-0.4, -0.2) is 31.2 Å². The molecular formula is C20H21Cl2N3O4. The van der Waals surface area contributed by atoms with Crippen LogP contribution in [0.4, 0.5) is 0 Å². The van der Waals surface area contributed by atoms with Crippen LogP contribution in [0.5, 0.6) is 11.5 Å². The number of halogens is 2. The second kappa shape index (κ2) is 10.7. The van der Waals surface area contributed by atoms with Crippen LogP contribution in [0.15, 0.2) is 41.5 Å². The van der Waals surface area contributed by atoms with E-state index in [1.54, 1.807) is 50.2 Å². The van der Waals surface area contributed by atoms with Crippen LogP contribution in [0.3, 0.4) is 0 Å². The minimum absolute atomic E-state index is 0.144. The molecule has 9 heteroatoms. The van der Waals surface area contributed by atoms with Crippen molar-refractivity contribution < 1.29 is 19.1 Å². The first-order chi connectivity index (χ1) is 13.8. The summed E-state index contributed by atoms with van der Waals surface area (Å²) in [5.41, 5.74) is 3.47. The molecule has 0 heterocycles. The quantitative estimate of drug-likeness (QED) is 0.393. The van der Waals surface area contributed by atoms with Crippen molar-refractivity contribution in [2.45, 2.75) is 26.5 Å². The second-order valence-electron chi connectivity index (χ2n) is 6.23. The Balaban J connectivity index is 2.03. The highest BCUT2D eigenvalue weighted by Gasteiger charge is 2.13. The molecule has 2 amide bonds. The molecule has 0 unspecified atom stereocenters. The Morgan fingerprint density at radius 3 is 2.41 bits per heavy atom. The van der Waals surface area contributed by atoms with Crippen LogP contribution in [-0.2, 0) is 16.2 Å². The van der Waals surface area contributed by atoms with Crippen LogP contribution in [0.25, 0.3) is 0 Å². The summed E-state index contributed by atoms with van der Waals surface area (Å²) < 4.78 is 11.1. The van der Waals surface area contributed by atoms with E-state index in [0.717, 1.165) is 0 Å². The number of carbonyl (C=O) groups is 2. The van der Waals surface area contributed by atoms with Crippen LogP contribution < -0.4 is 20.2 Å². The maximum atomic E-state index is 11.6. The molecular weight excluding hydrogens is 417 g/mol. The summed E-state index contributed by atoms with van der Waals surface area (Å²) in [6, 6.07) is 10.2. The van der Waals surface area contributed by atoms with Crippen molar-refractivity contribution in [3.05, 3.63) is 57.6 Å². The fraction of sp³-hybridized carbons (Fsp3) is 0.250. The van der Waals surface area contributed by atoms with Crippen molar-refractivity contribution in [3.63, 3.8) is 0 Å². The van der Waals surface area contributed by atoms with E-state index in [1.807, 2.05) is 0 Å². The Morgan fingerprint density at radius 2 is 1.79 bits per heavy atom. The van der Waals surface area contributed by atoms with Gasteiger partial charge in [-0.3, -0.25) is 9.59 Å². The summed E-state index contributed by atoms with van der Waals surface area (Å²) in [5.74, 6) is -0.655. The third kappa shape index (κ3) is 6.66. The first kappa shape index (κ1) is 22.5. The summed E-state index contributed by atoms with van der Waals surface area (Å²) >= 11 is 12.3. The van der Waals surface area contributed by atoms with Gasteiger partial charge in [-0.1, -0.05) is 29.3 Å². The van der Waals surface area contributed by atoms with Crippen molar-refractivity contribution in [3.8, 4) is 11.5 Å². The summed E-state index contributed by atoms with van der Waals surface area (Å²) in [6.07, 6.45) is 1.39. The highest BCUT2D eigenvalue weighted by molar-refractivity contribution is 6.36. The van der Waals surface area contributed by atoms with E-state index in [1.165, 1.54) is 13.3 Å². The predicted molar refractivity (Wildman–Crippen MR) is 113 cm³/mol. The molecule has 0 atom stereocenters. The van der Waals surface area contributed by atoms with Crippen LogP contribution in [0.1, 0.15) is 25.0 Å². The van der Waals surface area contributed by atoms with Gasteiger partial charge in [-0.05, 0) is 49.7 Å². The van der Waals surface area contributed by atoms with Gasteiger partial charge in [0.1, 0.15) is 6.61 Å². The van der Waals surface area contributed by atoms with E-state index < -0.39 is 11.8 Å². The third-order valence-corrected chi connectivity index (χ3v) is 4.34. The van der Waals surface area contributed by atoms with Gasteiger partial charge in [-0.2, -0.15) is 5.10 Å². The fourth-order valence-corrected chi connectivity index (χ4v) is 2.75. The van der Waals surface area contributed by atoms with E-state index in [9.17, 15) is 9.59 Å². The Hall–Kier alpha value is -2.77. The number of rotatable bonds is 7. The summed E-state index contributed by atoms with van der Waals surface area (Å²) in [6.45, 7) is 3.68. The maximum absolute atomic E-state index is 11.6. The maximum Gasteiger partial charge on any atom is 0.329 e. The Kier molecular flexibility index (Phi) is 8.30. The molecule has 2 rings (SSSR count). The number of benzene rings is 2. The minimum atomic E-state index is -0.849. The molecule has 0 saturated carbocycles. The lowest BCUT2D eigenvalue weighted by atomic mass is 10.2. The minimum Gasteiger partial charge on any atom is -0.493 e. The van der Waals surface area contributed by atoms with Gasteiger partial charge >= 0.3 is 11.8 Å². The molecule has 2 N–H and O–H groups in total. The summed E-state index contributed by atoms with van der Waals surface area (Å²) in [7, 11) is 1.50. The van der Waals surface area contributed by atoms with Crippen molar-refractivity contribution in [2.24, 2.45) is 5.10 Å². The normalized spacial score (nSPS) is 10.8. The molecule has 0 aliphatic carbocycles. The number of carbonyl (C=O) groups excluding carboxylic acids is 2. The SMILES string of the molecule is COc1cc(/C=N\NC(=O)C(=O)NC(C)C)ccc1OCc1c(Cl)cccc1Cl. The molecule has 0 aromatic heterocycles. The smallest absolute Gasteiger partial charge is 0.329 e. The van der Waals surface area contributed by atoms with Gasteiger partial charge in [-0.25, -0.2) is 5.43 Å². The number of methoxy groups -OCH3 is 1. The summed E-state index contributed by atoms with van der Waals surface area (Å²) in [5, 5.41) is 7.27. The number of hydrogen-bond donors (Lipinski definition) is 2. The number of hydrogen-bond acceptors (Lipinski definition) is 5. The van der Waals surface area contributed by atoms with Gasteiger partial charge in [0.2, 0.25) is 0 Å². The van der Waals surface area contributed by atoms with Gasteiger partial charge in [0.15, 0.2) is 11.5 Å². The molecule has 0 fully saturated rings. The predicted octanol–water partition coefficient (Wildman–Crippen LogP) is 3.56. The van der Waals surface area contributed by atoms with Gasteiger partial charge < -0.3 is 14.8 Å². The monoisotopic (exact) mass is 437 g/mol. The lowest BCUT2D eigenvalue weighted by Crippen LogP contribution is -2.41. The van der Waals surface area contributed by atoms with Crippen LogP contribution >= 0.6 is 23.2 Å². The highest BCUT2D eigenvalue weighted by atomic mass is 35.5. The van der Waals surface area contributed by atoms with Crippen LogP contribution in [0, 0.1) is 0 Å². The van der Waals surface area contributed by atoms with E-state index in [0.29, 0.717) is 32.7 Å². The number of hydrazone groups is 1. The number of amides is 2. The molecule has 0 aliphatic heterocycles. The zero-order valence-electron chi connectivity index (χ0n) is 16.2. The zero-order chi connectivity index (χ0) is 21.4. The standard InChI is InChI=1S/C20H21Cl2N3O4/c1-12(2)24-19(26)20(27)25-23-10-13-7-8-17(18(9-13)28-3)29-11-14-15(21)5-4-6-16(14)22/h4-10,12H,11H2,1-3H3,(H,24,26)(H,25,27)/b23-10-. The van der Waals surface area contributed by atoms with E-state index in [4.69, 9.17) is 32.7 Å². The highest BCUT2D eigenvalue weighted by Crippen LogP contribution is 2.31. The molecule has 154 valence electrons. The fourth-order valence-electron chi connectivity index (χ4n) is 2.25. The Bertz CT molecular complexity index is 896. The average Bonchev–Trinajstić information content (AvgIpc) is 2.67. The van der Waals surface area contributed by atoms with Gasteiger partial charge in [0.05, 0.1) is 13.3 Å². The van der Waals surface area contributed by atoms with Crippen molar-refractivity contribution in [1.29, 1.82) is 0 Å². The van der Waals surface area contributed by atoms with Crippen molar-refractivity contribution in [1.82, 2.24) is 10.7 Å². The van der Waals surface area contributed by atoms with E-state index in [2.05, 4.69) is 15.8 Å². The molecule has 2 aromatic rings. The third-order valence-electron chi connectivity index (χ3n) is 3.63. The number of nitrogens with one attached hydrogen (secondary N) is 2. The lowest BCUT2D eigenvalue weighted by molar-refractivity contribution is -0.139. The second-order valence-corrected chi connectivity index (χ2v) is 7.04. The van der Waals surface area contributed by atoms with Crippen molar-refractivity contribution >= 4 is 41.2 Å². The van der Waals surface area contributed by atoms with Gasteiger partial charge in [-0.15, -0.1) is 0 Å². The molecule has 29 heavy (non-hydrogen) atoms. The molecule has 0 spiro atoms. The summed E-state index contributed by atoms with van der Waals surface area (Å²) in [4.78, 5) is 23.1. The lowest BCUT2D eigenvalue weighted by Gasteiger charge is -2.13. The topological polar surface area (TPSA) is 89.0 Å². The molecule has 0 radical (unpaired) electrons. The average molecular weight is 438 g/mol. The van der Waals surface area contributed by atoms with Gasteiger partial charge in [0.25, 0.3) is 0 Å². The number of ether oxygens (including phenoxy) is 2. The van der Waals surface area contributed by atoms with Crippen LogP contribution in [0.2, 0.25) is 10.0 Å². The Labute approximate surface area is 179 Å². The first-order valence-corrected chi connectivity index (χ1v) is 9.45. The molecule has 0 aliphatic rings. The number of nitrogens with zero attached hydrogens (tertiary/aromatic N) is 1. The zero-order valence-corrected chi connectivity index (χ0v) is 17.7. The molecule has 0 saturated heterocycles. The van der Waals surface area contributed by atoms with E-state index >= 15 is 0 Å². The largest absolute Gasteiger partial charge is 0.493 e.